The molecule has 2 aromatic carbocycles. The maximum absolute atomic E-state index is 12.8. The Morgan fingerprint density at radius 2 is 1.82 bits per heavy atom. The number of amides is 1. The second-order valence-corrected chi connectivity index (χ2v) is 8.91. The van der Waals surface area contributed by atoms with Crippen molar-refractivity contribution in [3.63, 3.8) is 0 Å². The van der Waals surface area contributed by atoms with Crippen LogP contribution in [-0.4, -0.2) is 40.7 Å². The van der Waals surface area contributed by atoms with Crippen LogP contribution in [0.4, 0.5) is 11.5 Å². The summed E-state index contributed by atoms with van der Waals surface area (Å²) in [5.74, 6) is 1.74. The van der Waals surface area contributed by atoms with Crippen LogP contribution in [0.3, 0.4) is 0 Å². The summed E-state index contributed by atoms with van der Waals surface area (Å²) in [6.45, 7) is 5.76. The lowest BCUT2D eigenvalue weighted by Gasteiger charge is -2.32. The highest BCUT2D eigenvalue weighted by molar-refractivity contribution is 5.92. The first-order chi connectivity index (χ1) is 16.5. The van der Waals surface area contributed by atoms with Crippen LogP contribution in [0.1, 0.15) is 24.0 Å². The second-order valence-electron chi connectivity index (χ2n) is 8.91. The molecule has 7 heteroatoms. The Morgan fingerprint density at radius 3 is 2.56 bits per heavy atom. The van der Waals surface area contributed by atoms with Crippen LogP contribution in [0.15, 0.2) is 60.9 Å². The van der Waals surface area contributed by atoms with E-state index in [0.717, 1.165) is 60.0 Å². The zero-order chi connectivity index (χ0) is 23.7. The Bertz CT molecular complexity index is 1320. The van der Waals surface area contributed by atoms with Crippen molar-refractivity contribution in [3.8, 4) is 17.0 Å². The summed E-state index contributed by atoms with van der Waals surface area (Å²) in [5.41, 5.74) is 6.28. The predicted octanol–water partition coefficient (Wildman–Crippen LogP) is 4.88. The van der Waals surface area contributed by atoms with Crippen molar-refractivity contribution in [2.75, 3.05) is 30.4 Å². The van der Waals surface area contributed by atoms with Crippen LogP contribution in [0, 0.1) is 19.8 Å². The van der Waals surface area contributed by atoms with Gasteiger partial charge in [-0.1, -0.05) is 17.7 Å². The van der Waals surface area contributed by atoms with Crippen LogP contribution < -0.4 is 15.0 Å². The van der Waals surface area contributed by atoms with Crippen molar-refractivity contribution in [1.29, 1.82) is 0 Å². The van der Waals surface area contributed by atoms with E-state index in [-0.39, 0.29) is 11.8 Å². The minimum absolute atomic E-state index is 0.0199. The third kappa shape index (κ3) is 4.33. The Kier molecular flexibility index (Phi) is 5.92. The number of benzene rings is 2. The number of nitrogens with one attached hydrogen (secondary N) is 1. The molecule has 7 nitrogen and oxygen atoms in total. The number of methoxy groups -OCH3 is 1. The molecule has 5 rings (SSSR count). The Labute approximate surface area is 199 Å². The summed E-state index contributed by atoms with van der Waals surface area (Å²) in [6.07, 6.45) is 5.25. The Hall–Kier alpha value is -3.87. The van der Waals surface area contributed by atoms with Crippen molar-refractivity contribution in [2.24, 2.45) is 5.92 Å². The van der Waals surface area contributed by atoms with E-state index in [1.165, 1.54) is 11.1 Å². The first kappa shape index (κ1) is 21.9. The fourth-order valence-electron chi connectivity index (χ4n) is 4.57. The molecule has 1 aliphatic rings. The van der Waals surface area contributed by atoms with Gasteiger partial charge in [-0.05, 0) is 68.7 Å². The van der Waals surface area contributed by atoms with E-state index in [1.807, 2.05) is 35.0 Å². The number of anilines is 2. The van der Waals surface area contributed by atoms with Gasteiger partial charge in [0.2, 0.25) is 5.91 Å². The zero-order valence-electron chi connectivity index (χ0n) is 19.8. The summed E-state index contributed by atoms with van der Waals surface area (Å²) in [4.78, 5) is 19.8. The number of hydrogen-bond donors (Lipinski definition) is 1. The lowest BCUT2D eigenvalue weighted by molar-refractivity contribution is -0.120. The van der Waals surface area contributed by atoms with Gasteiger partial charge in [-0.2, -0.15) is 5.10 Å². The average Bonchev–Trinajstić information content (AvgIpc) is 3.30. The molecule has 1 saturated heterocycles. The van der Waals surface area contributed by atoms with E-state index in [0.29, 0.717) is 0 Å². The lowest BCUT2D eigenvalue weighted by atomic mass is 9.95. The number of nitrogens with zero attached hydrogens (tertiary/aromatic N) is 4. The van der Waals surface area contributed by atoms with E-state index in [2.05, 4.69) is 53.3 Å². The van der Waals surface area contributed by atoms with Gasteiger partial charge in [-0.25, -0.2) is 9.50 Å². The molecule has 0 unspecified atom stereocenters. The molecule has 1 amide bonds. The minimum atomic E-state index is -0.0199. The minimum Gasteiger partial charge on any atom is -0.497 e. The van der Waals surface area contributed by atoms with Crippen molar-refractivity contribution < 1.29 is 9.53 Å². The Balaban J connectivity index is 1.30. The topological polar surface area (TPSA) is 71.8 Å². The van der Waals surface area contributed by atoms with Crippen molar-refractivity contribution in [2.45, 2.75) is 26.7 Å². The first-order valence-electron chi connectivity index (χ1n) is 11.6. The van der Waals surface area contributed by atoms with Gasteiger partial charge in [0.25, 0.3) is 0 Å². The zero-order valence-corrected chi connectivity index (χ0v) is 19.8. The first-order valence-corrected chi connectivity index (χ1v) is 11.6. The van der Waals surface area contributed by atoms with Gasteiger partial charge >= 0.3 is 0 Å². The summed E-state index contributed by atoms with van der Waals surface area (Å²) < 4.78 is 7.09. The molecule has 0 bridgehead atoms. The highest BCUT2D eigenvalue weighted by atomic mass is 16.5. The largest absolute Gasteiger partial charge is 0.497 e. The molecule has 0 aliphatic carbocycles. The van der Waals surface area contributed by atoms with Crippen molar-refractivity contribution in [3.05, 3.63) is 72.1 Å². The number of ether oxygens (including phenoxy) is 1. The second kappa shape index (κ2) is 9.17. The van der Waals surface area contributed by atoms with E-state index >= 15 is 0 Å². The van der Waals surface area contributed by atoms with E-state index in [9.17, 15) is 4.79 Å². The number of carbonyl (C=O) groups is 1. The molecule has 0 radical (unpaired) electrons. The molecular weight excluding hydrogens is 426 g/mol. The average molecular weight is 456 g/mol. The van der Waals surface area contributed by atoms with Crippen LogP contribution in [0.2, 0.25) is 0 Å². The number of carbonyl (C=O) groups excluding carboxylic acids is 1. The monoisotopic (exact) mass is 455 g/mol. The number of rotatable bonds is 5. The third-order valence-electron chi connectivity index (χ3n) is 6.56. The predicted molar refractivity (Wildman–Crippen MR) is 134 cm³/mol. The van der Waals surface area contributed by atoms with Crippen molar-refractivity contribution in [1.82, 2.24) is 14.6 Å². The molecule has 174 valence electrons. The number of aromatic nitrogens is 3. The quantitative estimate of drug-likeness (QED) is 0.465. The molecular formula is C27H29N5O2. The molecule has 2 aromatic heterocycles. The van der Waals surface area contributed by atoms with Crippen LogP contribution >= 0.6 is 0 Å². The number of piperidine rings is 1. The SMILES string of the molecule is COc1ccc(NC(=O)C2CCN(c3nccn4nc(-c5cc(C)ccc5C)cc34)CC2)cc1. The van der Waals surface area contributed by atoms with E-state index in [1.54, 1.807) is 13.3 Å². The van der Waals surface area contributed by atoms with Gasteiger partial charge in [-0.3, -0.25) is 4.79 Å². The highest BCUT2D eigenvalue weighted by Gasteiger charge is 2.27. The molecule has 34 heavy (non-hydrogen) atoms. The summed E-state index contributed by atoms with van der Waals surface area (Å²) >= 11 is 0. The molecule has 0 spiro atoms. The van der Waals surface area contributed by atoms with Gasteiger partial charge in [-0.15, -0.1) is 0 Å². The molecule has 0 atom stereocenters. The summed E-state index contributed by atoms with van der Waals surface area (Å²) in [7, 11) is 1.63. The standard InChI is InChI=1S/C27H29N5O2/c1-18-4-5-19(2)23(16-18)24-17-25-26(28-12-15-32(25)30-24)31-13-10-20(11-14-31)27(33)29-21-6-8-22(34-3)9-7-21/h4-9,12,15-17,20H,10-11,13-14H2,1-3H3,(H,29,33). The highest BCUT2D eigenvalue weighted by Crippen LogP contribution is 2.30. The fourth-order valence-corrected chi connectivity index (χ4v) is 4.57. The smallest absolute Gasteiger partial charge is 0.227 e. The maximum atomic E-state index is 12.8. The van der Waals surface area contributed by atoms with Gasteiger partial charge < -0.3 is 15.0 Å². The van der Waals surface area contributed by atoms with Crippen LogP contribution in [0.25, 0.3) is 16.8 Å². The molecule has 1 aliphatic heterocycles. The molecule has 3 heterocycles. The van der Waals surface area contributed by atoms with Gasteiger partial charge in [0.05, 0.1) is 12.8 Å². The van der Waals surface area contributed by atoms with Crippen LogP contribution in [-0.2, 0) is 4.79 Å². The normalized spacial score (nSPS) is 14.4. The number of fused-ring (bicyclic) bond motifs is 1. The third-order valence-corrected chi connectivity index (χ3v) is 6.56. The summed E-state index contributed by atoms with van der Waals surface area (Å²) in [6, 6.07) is 16.0. The van der Waals surface area contributed by atoms with Gasteiger partial charge in [0.1, 0.15) is 11.3 Å². The maximum Gasteiger partial charge on any atom is 0.227 e. The number of hydrogen-bond acceptors (Lipinski definition) is 5. The van der Waals surface area contributed by atoms with Gasteiger partial charge in [0, 0.05) is 42.7 Å². The summed E-state index contributed by atoms with van der Waals surface area (Å²) in [5, 5.41) is 7.86. The van der Waals surface area contributed by atoms with Gasteiger partial charge in [0.15, 0.2) is 5.82 Å². The van der Waals surface area contributed by atoms with Crippen molar-refractivity contribution >= 4 is 22.9 Å². The molecule has 4 aromatic rings. The fraction of sp³-hybridized carbons (Fsp3) is 0.296. The molecule has 0 saturated carbocycles. The molecule has 1 fully saturated rings. The van der Waals surface area contributed by atoms with Crippen LogP contribution in [0.5, 0.6) is 5.75 Å². The number of aryl methyl sites for hydroxylation is 2. The Morgan fingerprint density at radius 1 is 1.06 bits per heavy atom. The van der Waals surface area contributed by atoms with E-state index < -0.39 is 0 Å². The van der Waals surface area contributed by atoms with E-state index in [4.69, 9.17) is 9.84 Å². The lowest BCUT2D eigenvalue weighted by Crippen LogP contribution is -2.38. The molecule has 1 N–H and O–H groups in total.